The molecule has 0 saturated heterocycles. The number of carbonyl (C=O) groups excluding carboxylic acids is 1. The lowest BCUT2D eigenvalue weighted by molar-refractivity contribution is 0.0467. The summed E-state index contributed by atoms with van der Waals surface area (Å²) in [4.78, 5) is 12.9. The van der Waals surface area contributed by atoms with Crippen molar-refractivity contribution in [1.82, 2.24) is 0 Å². The van der Waals surface area contributed by atoms with Gasteiger partial charge >= 0.3 is 5.97 Å². The van der Waals surface area contributed by atoms with Crippen LogP contribution in [0.15, 0.2) is 52.8 Å². The van der Waals surface area contributed by atoms with Crippen molar-refractivity contribution >= 4 is 21.9 Å². The van der Waals surface area contributed by atoms with Gasteiger partial charge in [0.25, 0.3) is 0 Å². The molecule has 1 aliphatic heterocycles. The van der Waals surface area contributed by atoms with Gasteiger partial charge in [-0.25, -0.2) is 13.2 Å². The van der Waals surface area contributed by atoms with Crippen LogP contribution in [-0.2, 0) is 21.2 Å². The quantitative estimate of drug-likeness (QED) is 0.347. The molecule has 6 heteroatoms. The molecule has 2 aromatic carbocycles. The minimum absolute atomic E-state index is 0.141. The first-order chi connectivity index (χ1) is 14.5. The molecule has 1 heterocycles. The molecule has 3 rings (SSSR count). The van der Waals surface area contributed by atoms with Crippen LogP contribution < -0.4 is 4.74 Å². The average molecular weight is 429 g/mol. The molecule has 0 amide bonds. The van der Waals surface area contributed by atoms with Gasteiger partial charge in [0.15, 0.2) is 0 Å². The Hall–Kier alpha value is -2.60. The Balaban J connectivity index is 1.72. The molecule has 0 saturated carbocycles. The third-order valence-corrected chi connectivity index (χ3v) is 6.52. The van der Waals surface area contributed by atoms with E-state index in [0.717, 1.165) is 30.2 Å². The molecule has 0 aromatic heterocycles. The van der Waals surface area contributed by atoms with Crippen LogP contribution in [0, 0.1) is 0 Å². The lowest BCUT2D eigenvalue weighted by atomic mass is 10.1. The maximum Gasteiger partial charge on any atom is 0.342 e. The molecule has 0 bridgehead atoms. The maximum atomic E-state index is 12.7. The van der Waals surface area contributed by atoms with Gasteiger partial charge in [-0.05, 0) is 30.2 Å². The fourth-order valence-electron chi connectivity index (χ4n) is 3.39. The van der Waals surface area contributed by atoms with E-state index < -0.39 is 15.8 Å². The van der Waals surface area contributed by atoms with E-state index in [1.807, 2.05) is 30.3 Å². The highest BCUT2D eigenvalue weighted by Crippen LogP contribution is 2.37. The van der Waals surface area contributed by atoms with Crippen molar-refractivity contribution < 1.29 is 22.7 Å². The largest absolute Gasteiger partial charge is 0.492 e. The van der Waals surface area contributed by atoms with E-state index in [4.69, 9.17) is 9.47 Å². The molecule has 0 atom stereocenters. The summed E-state index contributed by atoms with van der Waals surface area (Å²) >= 11 is 0. The van der Waals surface area contributed by atoms with Crippen molar-refractivity contribution in [3.63, 3.8) is 0 Å². The smallest absolute Gasteiger partial charge is 0.342 e. The van der Waals surface area contributed by atoms with E-state index in [1.54, 1.807) is 0 Å². The number of ether oxygens (including phenoxy) is 2. The number of hydrogen-bond donors (Lipinski definition) is 0. The number of fused-ring (bicyclic) bond motifs is 1. The summed E-state index contributed by atoms with van der Waals surface area (Å²) in [5.41, 5.74) is 1.55. The zero-order chi connectivity index (χ0) is 21.4. The van der Waals surface area contributed by atoms with E-state index in [1.165, 1.54) is 37.5 Å². The molecule has 0 aliphatic carbocycles. The molecule has 0 radical (unpaired) electrons. The fourth-order valence-corrected chi connectivity index (χ4v) is 4.58. The number of sulfone groups is 1. The molecular formula is C24H28O5S. The monoisotopic (exact) mass is 428 g/mol. The van der Waals surface area contributed by atoms with Crippen LogP contribution in [0.4, 0.5) is 0 Å². The molecule has 2 aromatic rings. The van der Waals surface area contributed by atoms with E-state index in [0.29, 0.717) is 12.2 Å². The highest BCUT2D eigenvalue weighted by molar-refractivity contribution is 7.94. The topological polar surface area (TPSA) is 69.7 Å². The standard InChI is InChI=1S/C24H28O5S/c1-2-3-4-5-6-10-16-28-23-20-15-17-30(26,27)22(20)14-13-21(23)24(25)29-18-19-11-8-7-9-12-19/h7-9,11-15,17H,2-6,10,16,18H2,1H3. The Labute approximate surface area is 178 Å². The zero-order valence-corrected chi connectivity index (χ0v) is 18.1. The second-order valence-electron chi connectivity index (χ2n) is 7.38. The summed E-state index contributed by atoms with van der Waals surface area (Å²) in [6, 6.07) is 12.3. The first-order valence-electron chi connectivity index (χ1n) is 10.5. The molecule has 160 valence electrons. The summed E-state index contributed by atoms with van der Waals surface area (Å²) in [7, 11) is -3.48. The van der Waals surface area contributed by atoms with Gasteiger partial charge in [-0.1, -0.05) is 69.4 Å². The second-order valence-corrected chi connectivity index (χ2v) is 9.18. The van der Waals surface area contributed by atoms with Crippen molar-refractivity contribution in [2.75, 3.05) is 6.61 Å². The van der Waals surface area contributed by atoms with Crippen molar-refractivity contribution in [3.8, 4) is 5.75 Å². The van der Waals surface area contributed by atoms with Crippen LogP contribution in [0.2, 0.25) is 0 Å². The van der Waals surface area contributed by atoms with Gasteiger partial charge in [0.2, 0.25) is 9.84 Å². The first kappa shape index (κ1) is 22.1. The third-order valence-electron chi connectivity index (χ3n) is 5.05. The predicted octanol–water partition coefficient (Wildman–Crippen LogP) is 5.54. The van der Waals surface area contributed by atoms with E-state index in [2.05, 4.69) is 6.92 Å². The highest BCUT2D eigenvalue weighted by Gasteiger charge is 2.28. The van der Waals surface area contributed by atoms with Gasteiger partial charge in [0.05, 0.1) is 11.5 Å². The number of carbonyl (C=O) groups is 1. The van der Waals surface area contributed by atoms with Crippen molar-refractivity contribution in [2.24, 2.45) is 0 Å². The number of benzene rings is 2. The van der Waals surface area contributed by atoms with Crippen molar-refractivity contribution in [3.05, 3.63) is 64.6 Å². The van der Waals surface area contributed by atoms with Gasteiger partial charge < -0.3 is 9.47 Å². The molecule has 5 nitrogen and oxygen atoms in total. The molecule has 0 unspecified atom stereocenters. The highest BCUT2D eigenvalue weighted by atomic mass is 32.2. The van der Waals surface area contributed by atoms with Gasteiger partial charge in [-0.3, -0.25) is 0 Å². The van der Waals surface area contributed by atoms with E-state index >= 15 is 0 Å². The molecule has 0 N–H and O–H groups in total. The Bertz CT molecular complexity index is 994. The van der Waals surface area contributed by atoms with Gasteiger partial charge in [-0.2, -0.15) is 0 Å². The molecular weight excluding hydrogens is 400 g/mol. The van der Waals surface area contributed by atoms with Crippen LogP contribution >= 0.6 is 0 Å². The predicted molar refractivity (Wildman–Crippen MR) is 117 cm³/mol. The molecule has 30 heavy (non-hydrogen) atoms. The Morgan fingerprint density at radius 2 is 1.67 bits per heavy atom. The van der Waals surface area contributed by atoms with Crippen LogP contribution in [-0.4, -0.2) is 21.0 Å². The molecule has 0 fully saturated rings. The van der Waals surface area contributed by atoms with Crippen LogP contribution in [0.1, 0.15) is 66.9 Å². The Morgan fingerprint density at radius 1 is 0.933 bits per heavy atom. The first-order valence-corrected chi connectivity index (χ1v) is 12.0. The Morgan fingerprint density at radius 3 is 2.43 bits per heavy atom. The minimum atomic E-state index is -3.48. The SMILES string of the molecule is CCCCCCCCOc1c(C(=O)OCc2ccccc2)ccc2c1C=CS2(=O)=O. The van der Waals surface area contributed by atoms with Crippen molar-refractivity contribution in [2.45, 2.75) is 57.0 Å². The number of rotatable bonds is 11. The van der Waals surface area contributed by atoms with Gasteiger partial charge in [-0.15, -0.1) is 0 Å². The van der Waals surface area contributed by atoms with Crippen LogP contribution in [0.5, 0.6) is 5.75 Å². The van der Waals surface area contributed by atoms with Crippen LogP contribution in [0.3, 0.4) is 0 Å². The number of unbranched alkanes of at least 4 members (excludes halogenated alkanes) is 5. The van der Waals surface area contributed by atoms with Gasteiger partial charge in [0, 0.05) is 11.0 Å². The number of esters is 1. The minimum Gasteiger partial charge on any atom is -0.492 e. The summed E-state index contributed by atoms with van der Waals surface area (Å²) in [6.07, 6.45) is 8.16. The van der Waals surface area contributed by atoms with Crippen molar-refractivity contribution in [1.29, 1.82) is 0 Å². The summed E-state index contributed by atoms with van der Waals surface area (Å²) in [6.45, 7) is 2.75. The zero-order valence-electron chi connectivity index (χ0n) is 17.3. The van der Waals surface area contributed by atoms with Gasteiger partial charge in [0.1, 0.15) is 17.9 Å². The van der Waals surface area contributed by atoms with E-state index in [9.17, 15) is 13.2 Å². The molecule has 0 spiro atoms. The fraction of sp³-hybridized carbons (Fsp3) is 0.375. The second kappa shape index (κ2) is 10.4. The summed E-state index contributed by atoms with van der Waals surface area (Å²) in [5, 5.41) is 1.15. The normalized spacial score (nSPS) is 13.8. The summed E-state index contributed by atoms with van der Waals surface area (Å²) in [5.74, 6) is -0.242. The maximum absolute atomic E-state index is 12.7. The summed E-state index contributed by atoms with van der Waals surface area (Å²) < 4.78 is 35.8. The molecule has 1 aliphatic rings. The van der Waals surface area contributed by atoms with E-state index in [-0.39, 0.29) is 22.8 Å². The number of hydrogen-bond acceptors (Lipinski definition) is 5. The Kier molecular flexibility index (Phi) is 7.69. The third kappa shape index (κ3) is 5.51. The average Bonchev–Trinajstić information content (AvgIpc) is 3.07. The van der Waals surface area contributed by atoms with Crippen LogP contribution in [0.25, 0.3) is 6.08 Å². The lowest BCUT2D eigenvalue weighted by Crippen LogP contribution is -2.11. The lowest BCUT2D eigenvalue weighted by Gasteiger charge is -2.15.